The van der Waals surface area contributed by atoms with Crippen LogP contribution in [0.25, 0.3) is 0 Å². The maximum atomic E-state index is 11.1. The Labute approximate surface area is 288 Å². The summed E-state index contributed by atoms with van der Waals surface area (Å²) in [6.07, 6.45) is 29.8. The van der Waals surface area contributed by atoms with Crippen LogP contribution in [0.3, 0.4) is 0 Å². The quantitative estimate of drug-likeness (QED) is 0.0402. The van der Waals surface area contributed by atoms with Crippen LogP contribution < -0.4 is 10.2 Å². The Morgan fingerprint density at radius 1 is 0.378 bits per heavy atom. The van der Waals surface area contributed by atoms with Gasteiger partial charge in [0.1, 0.15) is 0 Å². The number of carbonyl (C=O) groups is 4. The molecular formula is C36H66O8Zn. The van der Waals surface area contributed by atoms with Crippen LogP contribution in [-0.2, 0) is 48.1 Å². The number of esters is 2. The average molecular weight is 692 g/mol. The Kier molecular flexibility index (Phi) is 43.1. The fourth-order valence-corrected chi connectivity index (χ4v) is 4.81. The van der Waals surface area contributed by atoms with Gasteiger partial charge in [-0.25, -0.2) is 0 Å². The predicted octanol–water partition coefficient (Wildman–Crippen LogP) is 7.52. The van der Waals surface area contributed by atoms with Gasteiger partial charge in [0.15, 0.2) is 0 Å². The summed E-state index contributed by atoms with van der Waals surface area (Å²) in [5.74, 6) is -3.29. The number of carbonyl (C=O) groups excluding carboxylic acids is 4. The number of carboxylic acid groups (broad SMARTS) is 2. The molecule has 45 heavy (non-hydrogen) atoms. The first-order valence-corrected chi connectivity index (χ1v) is 18.0. The van der Waals surface area contributed by atoms with Crippen molar-refractivity contribution in [1.29, 1.82) is 0 Å². The van der Waals surface area contributed by atoms with Crippen molar-refractivity contribution in [2.75, 3.05) is 13.2 Å². The molecular weight excluding hydrogens is 626 g/mol. The van der Waals surface area contributed by atoms with Gasteiger partial charge in [0.05, 0.1) is 26.1 Å². The van der Waals surface area contributed by atoms with Gasteiger partial charge in [0.25, 0.3) is 0 Å². The molecule has 0 saturated heterocycles. The SMILES string of the molecule is CCCCCCCCCCCCCCOC(=O)CCC(=O)[O-].CCCCCCCCCCCCCCOC(=O)CCC(=O)[O-].[Zn+2]. The Hall–Kier alpha value is -1.50. The summed E-state index contributed by atoms with van der Waals surface area (Å²) >= 11 is 0. The summed E-state index contributed by atoms with van der Waals surface area (Å²) in [5, 5.41) is 20.3. The fraction of sp³-hybridized carbons (Fsp3) is 0.889. The third kappa shape index (κ3) is 47.0. The molecule has 0 saturated carbocycles. The average Bonchev–Trinajstić information content (AvgIpc) is 3.00. The van der Waals surface area contributed by atoms with E-state index in [0.29, 0.717) is 13.2 Å². The third-order valence-electron chi connectivity index (χ3n) is 7.59. The molecule has 9 heteroatoms. The number of rotatable bonds is 32. The van der Waals surface area contributed by atoms with E-state index in [1.54, 1.807) is 0 Å². The third-order valence-corrected chi connectivity index (χ3v) is 7.59. The molecule has 0 aliphatic carbocycles. The molecule has 0 spiro atoms. The summed E-state index contributed by atoms with van der Waals surface area (Å²) in [4.78, 5) is 42.6. The van der Waals surface area contributed by atoms with Crippen LogP contribution in [0.5, 0.6) is 0 Å². The first-order valence-electron chi connectivity index (χ1n) is 18.0. The number of aliphatic carboxylic acids is 2. The maximum absolute atomic E-state index is 11.1. The van der Waals surface area contributed by atoms with E-state index in [1.165, 1.54) is 128 Å². The molecule has 0 rings (SSSR count). The van der Waals surface area contributed by atoms with Gasteiger partial charge >= 0.3 is 31.4 Å². The van der Waals surface area contributed by atoms with E-state index < -0.39 is 23.9 Å². The van der Waals surface area contributed by atoms with Crippen molar-refractivity contribution in [3.05, 3.63) is 0 Å². The van der Waals surface area contributed by atoms with Gasteiger partial charge in [-0.1, -0.05) is 155 Å². The van der Waals surface area contributed by atoms with E-state index in [2.05, 4.69) is 13.8 Å². The van der Waals surface area contributed by atoms with E-state index >= 15 is 0 Å². The first kappa shape index (κ1) is 47.9. The summed E-state index contributed by atoms with van der Waals surface area (Å²) in [6, 6.07) is 0. The Bertz CT molecular complexity index is 615. The molecule has 0 aliphatic rings. The van der Waals surface area contributed by atoms with Crippen molar-refractivity contribution in [2.24, 2.45) is 0 Å². The second-order valence-corrected chi connectivity index (χ2v) is 12.0. The molecule has 0 bridgehead atoms. The molecule has 260 valence electrons. The van der Waals surface area contributed by atoms with Crippen molar-refractivity contribution < 1.29 is 58.3 Å². The van der Waals surface area contributed by atoms with Crippen molar-refractivity contribution >= 4 is 23.9 Å². The number of hydrogen-bond acceptors (Lipinski definition) is 8. The molecule has 0 radical (unpaired) electrons. The van der Waals surface area contributed by atoms with Gasteiger partial charge < -0.3 is 29.3 Å². The van der Waals surface area contributed by atoms with Gasteiger partial charge in [0.2, 0.25) is 0 Å². The van der Waals surface area contributed by atoms with Gasteiger partial charge in [-0.15, -0.1) is 0 Å². The molecule has 0 atom stereocenters. The van der Waals surface area contributed by atoms with E-state index in [9.17, 15) is 29.4 Å². The zero-order chi connectivity index (χ0) is 32.9. The van der Waals surface area contributed by atoms with Crippen molar-refractivity contribution in [3.8, 4) is 0 Å². The van der Waals surface area contributed by atoms with Crippen LogP contribution in [0.15, 0.2) is 0 Å². The summed E-state index contributed by atoms with van der Waals surface area (Å²) in [6.45, 7) is 5.30. The molecule has 0 aromatic carbocycles. The van der Waals surface area contributed by atoms with E-state index in [1.807, 2.05) is 0 Å². The molecule has 0 aliphatic heterocycles. The minimum Gasteiger partial charge on any atom is -0.550 e. The molecule has 0 unspecified atom stereocenters. The molecule has 0 amide bonds. The van der Waals surface area contributed by atoms with Gasteiger partial charge in [-0.2, -0.15) is 0 Å². The molecule has 0 N–H and O–H groups in total. The number of hydrogen-bond donors (Lipinski definition) is 0. The number of ether oxygens (including phenoxy) is 2. The van der Waals surface area contributed by atoms with Crippen LogP contribution in [0.4, 0.5) is 0 Å². The summed E-state index contributed by atoms with van der Waals surface area (Å²) < 4.78 is 9.91. The van der Waals surface area contributed by atoms with Crippen LogP contribution >= 0.6 is 0 Å². The van der Waals surface area contributed by atoms with E-state index in [0.717, 1.165) is 25.7 Å². The van der Waals surface area contributed by atoms with E-state index in [4.69, 9.17) is 9.47 Å². The number of unbranched alkanes of at least 4 members (excludes halogenated alkanes) is 22. The van der Waals surface area contributed by atoms with Gasteiger partial charge in [0, 0.05) is 11.9 Å². The molecule has 0 heterocycles. The molecule has 0 aromatic rings. The summed E-state index contributed by atoms with van der Waals surface area (Å²) in [5.41, 5.74) is 0. The van der Waals surface area contributed by atoms with Crippen LogP contribution in [0.1, 0.15) is 194 Å². The van der Waals surface area contributed by atoms with E-state index in [-0.39, 0.29) is 45.2 Å². The van der Waals surface area contributed by atoms with Crippen molar-refractivity contribution in [3.63, 3.8) is 0 Å². The number of carboxylic acids is 2. The van der Waals surface area contributed by atoms with Crippen LogP contribution in [0.2, 0.25) is 0 Å². The first-order chi connectivity index (χ1) is 21.3. The van der Waals surface area contributed by atoms with Crippen LogP contribution in [-0.4, -0.2) is 37.1 Å². The summed E-state index contributed by atoms with van der Waals surface area (Å²) in [7, 11) is 0. The Morgan fingerprint density at radius 3 is 0.822 bits per heavy atom. The topological polar surface area (TPSA) is 133 Å². The predicted molar refractivity (Wildman–Crippen MR) is 173 cm³/mol. The van der Waals surface area contributed by atoms with Crippen LogP contribution in [0, 0.1) is 0 Å². The maximum Gasteiger partial charge on any atom is 2.00 e. The second-order valence-electron chi connectivity index (χ2n) is 12.0. The minimum atomic E-state index is -1.21. The fourth-order valence-electron chi connectivity index (χ4n) is 4.81. The van der Waals surface area contributed by atoms with Gasteiger partial charge in [-0.05, 0) is 25.7 Å². The normalized spacial score (nSPS) is 10.4. The van der Waals surface area contributed by atoms with Gasteiger partial charge in [-0.3, -0.25) is 9.59 Å². The zero-order valence-electron chi connectivity index (χ0n) is 29.2. The molecule has 0 fully saturated rings. The largest absolute Gasteiger partial charge is 2.00 e. The second kappa shape index (κ2) is 40.5. The minimum absolute atomic E-state index is 0. The smallest absolute Gasteiger partial charge is 0.550 e. The molecule has 0 aromatic heterocycles. The molecule has 8 nitrogen and oxygen atoms in total. The Morgan fingerprint density at radius 2 is 0.600 bits per heavy atom. The zero-order valence-corrected chi connectivity index (χ0v) is 32.2. The standard InChI is InChI=1S/2C18H34O4.Zn/c2*1-2-3-4-5-6-7-8-9-10-11-12-13-16-22-18(21)15-14-17(19)20;/h2*2-16H2,1H3,(H,19,20);/q;;+2/p-2. The Balaban J connectivity index is -0.000000767. The van der Waals surface area contributed by atoms with Crippen molar-refractivity contribution in [2.45, 2.75) is 194 Å². The monoisotopic (exact) mass is 690 g/mol. The van der Waals surface area contributed by atoms with Crippen molar-refractivity contribution in [1.82, 2.24) is 0 Å².